The van der Waals surface area contributed by atoms with Gasteiger partial charge in [0.2, 0.25) is 0 Å². The van der Waals surface area contributed by atoms with E-state index in [-0.39, 0.29) is 37.7 Å². The monoisotopic (exact) mass is 417 g/mol. The van der Waals surface area contributed by atoms with Crippen LogP contribution >= 0.6 is 34.8 Å². The molecule has 2 aromatic carbocycles. The number of benzene rings is 2. The van der Waals surface area contributed by atoms with Gasteiger partial charge in [-0.15, -0.1) is 0 Å². The number of rotatable bonds is 5. The van der Waals surface area contributed by atoms with Crippen LogP contribution in [-0.4, -0.2) is 23.4 Å². The molecular formula is C15H10Cl3N3O5. The quantitative estimate of drug-likeness (QED) is 0.328. The Hall–Kier alpha value is -2.55. The molecule has 0 aliphatic heterocycles. The van der Waals surface area contributed by atoms with Crippen LogP contribution in [0.15, 0.2) is 30.3 Å². The zero-order chi connectivity index (χ0) is 19.4. The largest absolute Gasteiger partial charge is 0.452 e. The fraction of sp³-hybridized carbons (Fsp3) is 0.0667. The Balaban J connectivity index is 2.07. The molecule has 3 N–H and O–H groups in total. The van der Waals surface area contributed by atoms with E-state index in [2.05, 4.69) is 5.32 Å². The molecule has 0 unspecified atom stereocenters. The number of nitro benzene ring substituents is 1. The van der Waals surface area contributed by atoms with E-state index in [4.69, 9.17) is 45.3 Å². The summed E-state index contributed by atoms with van der Waals surface area (Å²) >= 11 is 17.4. The fourth-order valence-electron chi connectivity index (χ4n) is 1.92. The molecule has 0 aliphatic carbocycles. The summed E-state index contributed by atoms with van der Waals surface area (Å²) in [5.41, 5.74) is 5.02. The van der Waals surface area contributed by atoms with E-state index in [0.29, 0.717) is 0 Å². The molecule has 0 atom stereocenters. The fourth-order valence-corrected chi connectivity index (χ4v) is 2.58. The van der Waals surface area contributed by atoms with Crippen molar-refractivity contribution in [2.45, 2.75) is 0 Å². The second-order valence-corrected chi connectivity index (χ2v) is 6.17. The third-order valence-corrected chi connectivity index (χ3v) is 3.84. The van der Waals surface area contributed by atoms with Gasteiger partial charge in [-0.25, -0.2) is 4.79 Å². The molecule has 0 aromatic heterocycles. The molecule has 0 aliphatic rings. The maximum atomic E-state index is 12.0. The molecule has 2 rings (SSSR count). The van der Waals surface area contributed by atoms with E-state index in [0.717, 1.165) is 6.07 Å². The van der Waals surface area contributed by atoms with Crippen LogP contribution in [0, 0.1) is 10.1 Å². The zero-order valence-corrected chi connectivity index (χ0v) is 15.1. The van der Waals surface area contributed by atoms with Gasteiger partial charge < -0.3 is 15.8 Å². The minimum Gasteiger partial charge on any atom is -0.452 e. The summed E-state index contributed by atoms with van der Waals surface area (Å²) in [5, 5.41) is 13.6. The number of nitro groups is 1. The summed E-state index contributed by atoms with van der Waals surface area (Å²) in [7, 11) is 0. The van der Waals surface area contributed by atoms with Crippen LogP contribution < -0.4 is 11.1 Å². The molecular weight excluding hydrogens is 409 g/mol. The maximum absolute atomic E-state index is 12.0. The van der Waals surface area contributed by atoms with Crippen molar-refractivity contribution in [3.63, 3.8) is 0 Å². The number of ether oxygens (including phenoxy) is 1. The van der Waals surface area contributed by atoms with E-state index in [1.165, 1.54) is 24.3 Å². The second kappa shape index (κ2) is 8.22. The van der Waals surface area contributed by atoms with Crippen LogP contribution in [0.25, 0.3) is 0 Å². The molecule has 0 spiro atoms. The lowest BCUT2D eigenvalue weighted by Gasteiger charge is -2.09. The predicted octanol–water partition coefficient (Wildman–Crippen LogP) is 3.93. The standard InChI is InChI=1S/C15H10Cl3N3O5/c16-7-1-2-12(21(24)25)11(5-7)20-13(22)6-26-15(23)9-3-8(17)4-10(18)14(9)19/h1-5H,6,19H2,(H,20,22). The summed E-state index contributed by atoms with van der Waals surface area (Å²) in [6.45, 7) is -0.716. The van der Waals surface area contributed by atoms with Crippen LogP contribution in [-0.2, 0) is 9.53 Å². The van der Waals surface area contributed by atoms with Crippen molar-refractivity contribution < 1.29 is 19.2 Å². The van der Waals surface area contributed by atoms with Gasteiger partial charge in [0, 0.05) is 16.1 Å². The SMILES string of the molecule is Nc1c(Cl)cc(Cl)cc1C(=O)OCC(=O)Nc1cc(Cl)ccc1[N+](=O)[O-]. The highest BCUT2D eigenvalue weighted by Crippen LogP contribution is 2.29. The number of carbonyl (C=O) groups is 2. The smallest absolute Gasteiger partial charge is 0.340 e. The summed E-state index contributed by atoms with van der Waals surface area (Å²) in [5.74, 6) is -1.74. The van der Waals surface area contributed by atoms with Crippen LogP contribution in [0.4, 0.5) is 17.1 Å². The molecule has 26 heavy (non-hydrogen) atoms. The van der Waals surface area contributed by atoms with Gasteiger partial charge in [0.05, 0.1) is 21.2 Å². The van der Waals surface area contributed by atoms with E-state index in [9.17, 15) is 19.7 Å². The first kappa shape index (κ1) is 19.8. The molecule has 136 valence electrons. The Morgan fingerprint density at radius 2 is 1.85 bits per heavy atom. The van der Waals surface area contributed by atoms with Crippen molar-refractivity contribution in [1.82, 2.24) is 0 Å². The number of nitrogens with zero attached hydrogens (tertiary/aromatic N) is 1. The molecule has 11 heteroatoms. The first-order valence-electron chi connectivity index (χ1n) is 6.84. The lowest BCUT2D eigenvalue weighted by atomic mass is 10.2. The lowest BCUT2D eigenvalue weighted by molar-refractivity contribution is -0.383. The topological polar surface area (TPSA) is 125 Å². The van der Waals surface area contributed by atoms with Gasteiger partial charge in [-0.1, -0.05) is 34.8 Å². The Morgan fingerprint density at radius 1 is 1.15 bits per heavy atom. The number of hydrogen-bond donors (Lipinski definition) is 2. The van der Waals surface area contributed by atoms with Gasteiger partial charge in [0.25, 0.3) is 11.6 Å². The first-order chi connectivity index (χ1) is 12.2. The van der Waals surface area contributed by atoms with E-state index < -0.39 is 23.4 Å². The highest BCUT2D eigenvalue weighted by molar-refractivity contribution is 6.37. The van der Waals surface area contributed by atoms with Crippen molar-refractivity contribution in [2.24, 2.45) is 0 Å². The minimum absolute atomic E-state index is 0.0491. The summed E-state index contributed by atoms with van der Waals surface area (Å²) in [6, 6.07) is 6.23. The van der Waals surface area contributed by atoms with Gasteiger partial charge >= 0.3 is 5.97 Å². The highest BCUT2D eigenvalue weighted by Gasteiger charge is 2.19. The van der Waals surface area contributed by atoms with Crippen molar-refractivity contribution in [3.8, 4) is 0 Å². The third kappa shape index (κ3) is 4.75. The molecule has 0 radical (unpaired) electrons. The van der Waals surface area contributed by atoms with E-state index >= 15 is 0 Å². The second-order valence-electron chi connectivity index (χ2n) is 4.89. The molecule has 0 bridgehead atoms. The lowest BCUT2D eigenvalue weighted by Crippen LogP contribution is -2.22. The average Bonchev–Trinajstić information content (AvgIpc) is 2.55. The number of nitrogen functional groups attached to an aromatic ring is 1. The molecule has 0 heterocycles. The van der Waals surface area contributed by atoms with Crippen LogP contribution in [0.2, 0.25) is 15.1 Å². The number of carbonyl (C=O) groups excluding carboxylic acids is 2. The summed E-state index contributed by atoms with van der Waals surface area (Å²) in [4.78, 5) is 34.2. The predicted molar refractivity (Wildman–Crippen MR) is 97.9 cm³/mol. The van der Waals surface area contributed by atoms with Crippen LogP contribution in [0.3, 0.4) is 0 Å². The Morgan fingerprint density at radius 3 is 2.50 bits per heavy atom. The van der Waals surface area contributed by atoms with Crippen molar-refractivity contribution >= 4 is 63.7 Å². The van der Waals surface area contributed by atoms with Gasteiger partial charge in [-0.05, 0) is 24.3 Å². The number of halogens is 3. The molecule has 0 saturated carbocycles. The molecule has 0 fully saturated rings. The Bertz CT molecular complexity index is 904. The molecule has 2 aromatic rings. The van der Waals surface area contributed by atoms with E-state index in [1.54, 1.807) is 0 Å². The van der Waals surface area contributed by atoms with Crippen molar-refractivity contribution in [3.05, 3.63) is 61.1 Å². The average molecular weight is 419 g/mol. The maximum Gasteiger partial charge on any atom is 0.340 e. The van der Waals surface area contributed by atoms with Gasteiger partial charge in [0.1, 0.15) is 5.69 Å². The van der Waals surface area contributed by atoms with Crippen molar-refractivity contribution in [1.29, 1.82) is 0 Å². The number of hydrogen-bond acceptors (Lipinski definition) is 6. The number of anilines is 2. The molecule has 1 amide bonds. The normalized spacial score (nSPS) is 10.3. The van der Waals surface area contributed by atoms with E-state index in [1.807, 2.05) is 0 Å². The highest BCUT2D eigenvalue weighted by atomic mass is 35.5. The van der Waals surface area contributed by atoms with Gasteiger partial charge in [-0.3, -0.25) is 14.9 Å². The molecule has 0 saturated heterocycles. The zero-order valence-electron chi connectivity index (χ0n) is 12.8. The number of nitrogens with two attached hydrogens (primary N) is 1. The van der Waals surface area contributed by atoms with Crippen LogP contribution in [0.5, 0.6) is 0 Å². The number of amides is 1. The summed E-state index contributed by atoms with van der Waals surface area (Å²) in [6.07, 6.45) is 0. The summed E-state index contributed by atoms with van der Waals surface area (Å²) < 4.78 is 4.83. The number of nitrogens with one attached hydrogen (secondary N) is 1. The van der Waals surface area contributed by atoms with Gasteiger partial charge in [0.15, 0.2) is 6.61 Å². The van der Waals surface area contributed by atoms with Crippen molar-refractivity contribution in [2.75, 3.05) is 17.7 Å². The third-order valence-electron chi connectivity index (χ3n) is 3.08. The van der Waals surface area contributed by atoms with Gasteiger partial charge in [-0.2, -0.15) is 0 Å². The Labute approximate surface area is 161 Å². The minimum atomic E-state index is -0.928. The number of esters is 1. The van der Waals surface area contributed by atoms with Crippen LogP contribution in [0.1, 0.15) is 10.4 Å². The molecule has 8 nitrogen and oxygen atoms in total. The Kier molecular flexibility index (Phi) is 6.25. The first-order valence-corrected chi connectivity index (χ1v) is 7.98.